The molecular formula is C18H21N7O. The van der Waals surface area contributed by atoms with Crippen LogP contribution >= 0.6 is 0 Å². The summed E-state index contributed by atoms with van der Waals surface area (Å²) < 4.78 is 3.71. The third-order valence-electron chi connectivity index (χ3n) is 4.82. The standard InChI is InChI=1S/C18H21N7O/c1-13-8-14(2)25(23-13)10-18(6-7-18)9-19-17(26)15-4-3-5-16(22-15)24-11-20-21-12-24/h3-5,8,11-12H,6-7,9-10H2,1-2H3,(H,19,26). The molecule has 4 rings (SSSR count). The zero-order valence-electron chi connectivity index (χ0n) is 14.9. The van der Waals surface area contributed by atoms with Crippen molar-refractivity contribution in [1.82, 2.24) is 34.8 Å². The molecule has 0 unspecified atom stereocenters. The van der Waals surface area contributed by atoms with Crippen molar-refractivity contribution < 1.29 is 4.79 Å². The zero-order valence-corrected chi connectivity index (χ0v) is 14.9. The smallest absolute Gasteiger partial charge is 0.269 e. The number of amides is 1. The average Bonchev–Trinajstić information content (AvgIpc) is 3.04. The maximum atomic E-state index is 12.5. The van der Waals surface area contributed by atoms with Gasteiger partial charge in [-0.3, -0.25) is 14.0 Å². The second-order valence-corrected chi connectivity index (χ2v) is 7.02. The van der Waals surface area contributed by atoms with E-state index in [9.17, 15) is 4.79 Å². The number of hydrogen-bond acceptors (Lipinski definition) is 5. The number of rotatable bonds is 6. The van der Waals surface area contributed by atoms with Crippen molar-refractivity contribution >= 4 is 5.91 Å². The van der Waals surface area contributed by atoms with Crippen LogP contribution in [0.25, 0.3) is 5.82 Å². The number of carbonyl (C=O) groups excluding carboxylic acids is 1. The van der Waals surface area contributed by atoms with E-state index in [4.69, 9.17) is 0 Å². The quantitative estimate of drug-likeness (QED) is 0.730. The molecular weight excluding hydrogens is 330 g/mol. The average molecular weight is 351 g/mol. The molecule has 1 saturated carbocycles. The van der Waals surface area contributed by atoms with Crippen molar-refractivity contribution in [2.45, 2.75) is 33.2 Å². The van der Waals surface area contributed by atoms with Gasteiger partial charge in [-0.1, -0.05) is 6.07 Å². The first-order chi connectivity index (χ1) is 12.5. The Morgan fingerprint density at radius 3 is 2.65 bits per heavy atom. The molecule has 0 atom stereocenters. The van der Waals surface area contributed by atoms with Crippen LogP contribution in [0.3, 0.4) is 0 Å². The van der Waals surface area contributed by atoms with E-state index in [0.717, 1.165) is 30.8 Å². The maximum absolute atomic E-state index is 12.5. The van der Waals surface area contributed by atoms with Crippen molar-refractivity contribution in [3.8, 4) is 5.82 Å². The predicted molar refractivity (Wildman–Crippen MR) is 94.9 cm³/mol. The number of aryl methyl sites for hydroxylation is 2. The van der Waals surface area contributed by atoms with Crippen molar-refractivity contribution in [2.75, 3.05) is 6.54 Å². The summed E-state index contributed by atoms with van der Waals surface area (Å²) in [5.41, 5.74) is 2.67. The molecule has 1 aliphatic rings. The van der Waals surface area contributed by atoms with Crippen molar-refractivity contribution in [2.24, 2.45) is 5.41 Å². The fourth-order valence-corrected chi connectivity index (χ4v) is 3.09. The van der Waals surface area contributed by atoms with Crippen LogP contribution in [0.15, 0.2) is 36.9 Å². The molecule has 8 heteroatoms. The summed E-state index contributed by atoms with van der Waals surface area (Å²) in [6, 6.07) is 7.41. The Bertz CT molecular complexity index is 925. The van der Waals surface area contributed by atoms with E-state index in [0.29, 0.717) is 18.1 Å². The molecule has 8 nitrogen and oxygen atoms in total. The summed E-state index contributed by atoms with van der Waals surface area (Å²) in [6.07, 6.45) is 5.30. The van der Waals surface area contributed by atoms with E-state index in [1.807, 2.05) is 17.7 Å². The molecule has 1 fully saturated rings. The summed E-state index contributed by atoms with van der Waals surface area (Å²) >= 11 is 0. The van der Waals surface area contributed by atoms with Gasteiger partial charge >= 0.3 is 0 Å². The fraction of sp³-hybridized carbons (Fsp3) is 0.389. The van der Waals surface area contributed by atoms with Crippen LogP contribution in [0.2, 0.25) is 0 Å². The molecule has 3 heterocycles. The second kappa shape index (κ2) is 6.36. The minimum atomic E-state index is -0.167. The lowest BCUT2D eigenvalue weighted by Gasteiger charge is -2.17. The molecule has 0 aromatic carbocycles. The van der Waals surface area contributed by atoms with E-state index in [1.165, 1.54) is 0 Å². The summed E-state index contributed by atoms with van der Waals surface area (Å²) in [7, 11) is 0. The van der Waals surface area contributed by atoms with Gasteiger partial charge in [0.25, 0.3) is 5.91 Å². The molecule has 0 radical (unpaired) electrons. The van der Waals surface area contributed by atoms with Crippen LogP contribution in [-0.2, 0) is 6.54 Å². The Balaban J connectivity index is 1.41. The number of hydrogen-bond donors (Lipinski definition) is 1. The lowest BCUT2D eigenvalue weighted by molar-refractivity contribution is 0.0937. The van der Waals surface area contributed by atoms with Gasteiger partial charge in [0.1, 0.15) is 24.2 Å². The third-order valence-corrected chi connectivity index (χ3v) is 4.82. The highest BCUT2D eigenvalue weighted by molar-refractivity contribution is 5.92. The van der Waals surface area contributed by atoms with Crippen LogP contribution in [0.1, 0.15) is 34.7 Å². The molecule has 1 amide bonds. The van der Waals surface area contributed by atoms with Crippen LogP contribution in [0, 0.1) is 19.3 Å². The lowest BCUT2D eigenvalue weighted by Crippen LogP contribution is -2.33. The highest BCUT2D eigenvalue weighted by Crippen LogP contribution is 2.46. The molecule has 0 bridgehead atoms. The molecule has 1 N–H and O–H groups in total. The van der Waals surface area contributed by atoms with Crippen LogP contribution in [0.4, 0.5) is 0 Å². The Labute approximate surface area is 151 Å². The minimum absolute atomic E-state index is 0.102. The van der Waals surface area contributed by atoms with Crippen LogP contribution < -0.4 is 5.32 Å². The lowest BCUT2D eigenvalue weighted by atomic mass is 10.1. The Hall–Kier alpha value is -3.03. The van der Waals surface area contributed by atoms with E-state index in [-0.39, 0.29) is 11.3 Å². The normalized spacial score (nSPS) is 15.0. The summed E-state index contributed by atoms with van der Waals surface area (Å²) in [4.78, 5) is 16.9. The molecule has 0 spiro atoms. The van der Waals surface area contributed by atoms with Gasteiger partial charge in [0, 0.05) is 24.2 Å². The number of aromatic nitrogens is 6. The first kappa shape index (κ1) is 16.4. The molecule has 3 aromatic rings. The topological polar surface area (TPSA) is 90.5 Å². The number of nitrogens with zero attached hydrogens (tertiary/aromatic N) is 6. The van der Waals surface area contributed by atoms with Crippen LogP contribution in [0.5, 0.6) is 0 Å². The first-order valence-electron chi connectivity index (χ1n) is 8.66. The van der Waals surface area contributed by atoms with Gasteiger partial charge in [-0.15, -0.1) is 10.2 Å². The Morgan fingerprint density at radius 1 is 1.23 bits per heavy atom. The van der Waals surface area contributed by atoms with Gasteiger partial charge in [-0.25, -0.2) is 4.98 Å². The Kier molecular flexibility index (Phi) is 4.02. The summed E-state index contributed by atoms with van der Waals surface area (Å²) in [6.45, 7) is 5.53. The summed E-state index contributed by atoms with van der Waals surface area (Å²) in [5.74, 6) is 0.450. The molecule has 134 valence electrons. The molecule has 26 heavy (non-hydrogen) atoms. The van der Waals surface area contributed by atoms with E-state index >= 15 is 0 Å². The third kappa shape index (κ3) is 3.35. The predicted octanol–water partition coefficient (Wildman–Crippen LogP) is 1.69. The molecule has 3 aromatic heterocycles. The molecule has 0 saturated heterocycles. The van der Waals surface area contributed by atoms with Crippen LogP contribution in [-0.4, -0.2) is 42.0 Å². The number of pyridine rings is 1. The zero-order chi connectivity index (χ0) is 18.1. The van der Waals surface area contributed by atoms with E-state index in [1.54, 1.807) is 29.4 Å². The first-order valence-corrected chi connectivity index (χ1v) is 8.66. The van der Waals surface area contributed by atoms with Crippen molar-refractivity contribution in [3.05, 3.63) is 54.0 Å². The van der Waals surface area contributed by atoms with E-state index < -0.39 is 0 Å². The molecule has 0 aliphatic heterocycles. The molecule has 1 aliphatic carbocycles. The minimum Gasteiger partial charge on any atom is -0.350 e. The number of nitrogens with one attached hydrogen (secondary N) is 1. The van der Waals surface area contributed by atoms with E-state index in [2.05, 4.69) is 38.6 Å². The summed E-state index contributed by atoms with van der Waals surface area (Å²) in [5, 5.41) is 15.1. The second-order valence-electron chi connectivity index (χ2n) is 7.02. The Morgan fingerprint density at radius 2 is 2.00 bits per heavy atom. The van der Waals surface area contributed by atoms with Crippen molar-refractivity contribution in [3.63, 3.8) is 0 Å². The monoisotopic (exact) mass is 351 g/mol. The van der Waals surface area contributed by atoms with Gasteiger partial charge in [-0.2, -0.15) is 5.10 Å². The number of carbonyl (C=O) groups is 1. The highest BCUT2D eigenvalue weighted by Gasteiger charge is 2.43. The fourth-order valence-electron chi connectivity index (χ4n) is 3.09. The SMILES string of the molecule is Cc1cc(C)n(CC2(CNC(=O)c3cccc(-n4cnnc4)n3)CC2)n1. The maximum Gasteiger partial charge on any atom is 0.269 e. The van der Waals surface area contributed by atoms with Gasteiger partial charge < -0.3 is 5.32 Å². The van der Waals surface area contributed by atoms with Gasteiger partial charge in [0.15, 0.2) is 0 Å². The van der Waals surface area contributed by atoms with Gasteiger partial charge in [0.2, 0.25) is 0 Å². The highest BCUT2D eigenvalue weighted by atomic mass is 16.1. The van der Waals surface area contributed by atoms with Gasteiger partial charge in [0.05, 0.1) is 5.69 Å². The van der Waals surface area contributed by atoms with Gasteiger partial charge in [-0.05, 0) is 44.9 Å². The van der Waals surface area contributed by atoms with Crippen molar-refractivity contribution in [1.29, 1.82) is 0 Å². The largest absolute Gasteiger partial charge is 0.350 e.